The summed E-state index contributed by atoms with van der Waals surface area (Å²) in [6.07, 6.45) is 0. The molecule has 0 aliphatic heterocycles. The molecule has 0 N–H and O–H groups in total. The van der Waals surface area contributed by atoms with E-state index >= 15 is 0 Å². The van der Waals surface area contributed by atoms with E-state index in [4.69, 9.17) is 4.42 Å². The highest BCUT2D eigenvalue weighted by molar-refractivity contribution is 5.97. The summed E-state index contributed by atoms with van der Waals surface area (Å²) in [7, 11) is 0. The van der Waals surface area contributed by atoms with Crippen molar-refractivity contribution in [3.05, 3.63) is 70.6 Å². The van der Waals surface area contributed by atoms with Crippen molar-refractivity contribution >= 4 is 16.9 Å². The van der Waals surface area contributed by atoms with E-state index in [0.29, 0.717) is 10.9 Å². The molecule has 0 spiro atoms. The minimum Gasteiger partial charge on any atom is -0.461 e. The number of hydrogen-bond acceptors (Lipinski definition) is 4. The number of carbonyl (C=O) groups is 1. The molecule has 0 saturated heterocycles. The zero-order valence-corrected chi connectivity index (χ0v) is 13.3. The van der Waals surface area contributed by atoms with Gasteiger partial charge in [0.15, 0.2) is 0 Å². The maximum Gasteiger partial charge on any atom is 0.382 e. The monoisotopic (exact) mass is 344 g/mol. The van der Waals surface area contributed by atoms with Crippen LogP contribution in [0.2, 0.25) is 0 Å². The summed E-state index contributed by atoms with van der Waals surface area (Å²) >= 11 is 0. The van der Waals surface area contributed by atoms with Gasteiger partial charge in [-0.05, 0) is 18.6 Å². The first-order chi connectivity index (χ1) is 12.0. The van der Waals surface area contributed by atoms with Gasteiger partial charge in [0, 0.05) is 10.9 Å². The Kier molecular flexibility index (Phi) is 4.35. The number of fused-ring (bicyclic) bond motifs is 1. The molecule has 0 radical (unpaired) electrons. The van der Waals surface area contributed by atoms with Crippen LogP contribution in [-0.4, -0.2) is 12.6 Å². The molecule has 0 aliphatic rings. The Morgan fingerprint density at radius 1 is 1.08 bits per heavy atom. The van der Waals surface area contributed by atoms with Crippen molar-refractivity contribution in [2.45, 2.75) is 12.8 Å². The molecule has 1 heterocycles. The van der Waals surface area contributed by atoms with Crippen LogP contribution in [0.4, 0.5) is 8.78 Å². The molecule has 25 heavy (non-hydrogen) atoms. The van der Waals surface area contributed by atoms with Gasteiger partial charge in [0.2, 0.25) is 0 Å². The van der Waals surface area contributed by atoms with E-state index < -0.39 is 23.1 Å². The Morgan fingerprint density at radius 2 is 1.72 bits per heavy atom. The number of alkyl halides is 2. The predicted molar refractivity (Wildman–Crippen MR) is 88.4 cm³/mol. The fraction of sp³-hybridized carbons (Fsp3) is 0.158. The number of halogens is 2. The molecule has 2 aromatic carbocycles. The second-order valence-electron chi connectivity index (χ2n) is 5.30. The number of para-hydroxylation sites is 1. The second kappa shape index (κ2) is 6.47. The number of ether oxygens (including phenoxy) is 1. The molecule has 4 nitrogen and oxygen atoms in total. The van der Waals surface area contributed by atoms with Gasteiger partial charge < -0.3 is 9.15 Å². The van der Waals surface area contributed by atoms with E-state index in [-0.39, 0.29) is 17.8 Å². The lowest BCUT2D eigenvalue weighted by atomic mass is 9.94. The van der Waals surface area contributed by atoms with E-state index in [1.807, 2.05) is 0 Å². The molecule has 0 saturated carbocycles. The van der Waals surface area contributed by atoms with Gasteiger partial charge in [-0.25, -0.2) is 9.59 Å². The molecule has 0 amide bonds. The summed E-state index contributed by atoms with van der Waals surface area (Å²) in [5, 5.41) is 0.312. The van der Waals surface area contributed by atoms with Crippen LogP contribution in [-0.2, 0) is 15.5 Å². The predicted octanol–water partition coefficient (Wildman–Crippen LogP) is 4.11. The van der Waals surface area contributed by atoms with Crippen LogP contribution in [0, 0.1) is 0 Å². The number of esters is 1. The zero-order valence-electron chi connectivity index (χ0n) is 13.3. The average molecular weight is 344 g/mol. The quantitative estimate of drug-likeness (QED) is 0.528. The van der Waals surface area contributed by atoms with Gasteiger partial charge in [-0.15, -0.1) is 0 Å². The van der Waals surface area contributed by atoms with Gasteiger partial charge in [-0.2, -0.15) is 8.78 Å². The smallest absolute Gasteiger partial charge is 0.382 e. The minimum atomic E-state index is -4.13. The van der Waals surface area contributed by atoms with E-state index in [9.17, 15) is 18.4 Å². The molecule has 3 rings (SSSR count). The summed E-state index contributed by atoms with van der Waals surface area (Å²) in [6.45, 7) is 1.18. The Hall–Kier alpha value is -3.02. The highest BCUT2D eigenvalue weighted by atomic mass is 19.3. The van der Waals surface area contributed by atoms with Crippen molar-refractivity contribution < 1.29 is 22.7 Å². The molecule has 0 fully saturated rings. The Labute approximate surface area is 141 Å². The van der Waals surface area contributed by atoms with Gasteiger partial charge in [0.1, 0.15) is 11.1 Å². The first-order valence-corrected chi connectivity index (χ1v) is 7.63. The standard InChI is InChI=1S/C19H14F2O4/c1-2-24-18(23)19(20,21)16-15(12-8-4-3-5-9-12)13-10-6-7-11-14(13)25-17(16)22/h3-11H,2H2,1H3. The van der Waals surface area contributed by atoms with E-state index in [1.165, 1.54) is 13.0 Å². The summed E-state index contributed by atoms with van der Waals surface area (Å²) in [4.78, 5) is 24.1. The van der Waals surface area contributed by atoms with Gasteiger partial charge in [-0.3, -0.25) is 0 Å². The minimum absolute atomic E-state index is 0.0366. The van der Waals surface area contributed by atoms with Crippen LogP contribution in [0.3, 0.4) is 0 Å². The molecule has 0 bridgehead atoms. The molecular weight excluding hydrogens is 330 g/mol. The summed E-state index contributed by atoms with van der Waals surface area (Å²) in [6, 6.07) is 14.6. The fourth-order valence-corrected chi connectivity index (χ4v) is 2.66. The molecule has 0 atom stereocenters. The first-order valence-electron chi connectivity index (χ1n) is 7.63. The normalized spacial score (nSPS) is 11.5. The van der Waals surface area contributed by atoms with Gasteiger partial charge in [-0.1, -0.05) is 48.5 Å². The van der Waals surface area contributed by atoms with Crippen LogP contribution in [0.1, 0.15) is 12.5 Å². The lowest BCUT2D eigenvalue weighted by Gasteiger charge is -2.18. The Bertz CT molecular complexity index is 978. The van der Waals surface area contributed by atoms with Crippen molar-refractivity contribution in [3.8, 4) is 11.1 Å². The van der Waals surface area contributed by atoms with E-state index in [0.717, 1.165) is 0 Å². The summed E-state index contributed by atoms with van der Waals surface area (Å²) in [5.41, 5.74) is -1.78. The fourth-order valence-electron chi connectivity index (χ4n) is 2.66. The summed E-state index contributed by atoms with van der Waals surface area (Å²) < 4.78 is 38.9. The summed E-state index contributed by atoms with van der Waals surface area (Å²) in [5.74, 6) is -5.92. The Morgan fingerprint density at radius 3 is 2.40 bits per heavy atom. The maximum atomic E-state index is 14.7. The van der Waals surface area contributed by atoms with Crippen molar-refractivity contribution in [1.82, 2.24) is 0 Å². The molecule has 0 aliphatic carbocycles. The maximum absolute atomic E-state index is 14.7. The third-order valence-electron chi connectivity index (χ3n) is 3.72. The second-order valence-corrected chi connectivity index (χ2v) is 5.30. The highest BCUT2D eigenvalue weighted by Crippen LogP contribution is 2.38. The lowest BCUT2D eigenvalue weighted by Crippen LogP contribution is -2.34. The average Bonchev–Trinajstić information content (AvgIpc) is 2.61. The number of hydrogen-bond donors (Lipinski definition) is 0. The van der Waals surface area contributed by atoms with Crippen LogP contribution in [0.5, 0.6) is 0 Å². The van der Waals surface area contributed by atoms with Gasteiger partial charge in [0.05, 0.1) is 6.61 Å². The third kappa shape index (κ3) is 2.91. The topological polar surface area (TPSA) is 56.5 Å². The van der Waals surface area contributed by atoms with Crippen LogP contribution < -0.4 is 5.63 Å². The van der Waals surface area contributed by atoms with E-state index in [1.54, 1.807) is 48.5 Å². The zero-order chi connectivity index (χ0) is 18.0. The first kappa shape index (κ1) is 16.8. The van der Waals surface area contributed by atoms with Crippen molar-refractivity contribution in [3.63, 3.8) is 0 Å². The third-order valence-corrected chi connectivity index (χ3v) is 3.72. The molecular formula is C19H14F2O4. The highest BCUT2D eigenvalue weighted by Gasteiger charge is 2.48. The number of rotatable bonds is 4. The van der Waals surface area contributed by atoms with E-state index in [2.05, 4.69) is 4.74 Å². The van der Waals surface area contributed by atoms with Crippen LogP contribution in [0.25, 0.3) is 22.1 Å². The van der Waals surface area contributed by atoms with Gasteiger partial charge in [0.25, 0.3) is 0 Å². The van der Waals surface area contributed by atoms with Crippen molar-refractivity contribution in [2.24, 2.45) is 0 Å². The largest absolute Gasteiger partial charge is 0.461 e. The van der Waals surface area contributed by atoms with Crippen LogP contribution in [0.15, 0.2) is 63.8 Å². The Balaban J connectivity index is 2.41. The van der Waals surface area contributed by atoms with Gasteiger partial charge >= 0.3 is 17.5 Å². The molecule has 3 aromatic rings. The van der Waals surface area contributed by atoms with Crippen LogP contribution >= 0.6 is 0 Å². The van der Waals surface area contributed by atoms with Crippen molar-refractivity contribution in [1.29, 1.82) is 0 Å². The molecule has 1 aromatic heterocycles. The van der Waals surface area contributed by atoms with Crippen molar-refractivity contribution in [2.75, 3.05) is 6.61 Å². The SMILES string of the molecule is CCOC(=O)C(F)(F)c1c(-c2ccccc2)c2ccccc2oc1=O. The number of carbonyl (C=O) groups excluding carboxylic acids is 1. The number of benzene rings is 2. The molecule has 0 unspecified atom stereocenters. The molecule has 128 valence electrons. The molecule has 6 heteroatoms. The lowest BCUT2D eigenvalue weighted by molar-refractivity contribution is -0.173.